The molecule has 2 amide bonds. The Hall–Kier alpha value is -3.59. The average molecular weight is 635 g/mol. The highest BCUT2D eigenvalue weighted by molar-refractivity contribution is 6.76. The number of rotatable bonds is 9. The summed E-state index contributed by atoms with van der Waals surface area (Å²) < 4.78 is 18.0. The SMILES string of the molecule is C=CC[C@]1(CC2CCN(C(=O)OCC[Si](C)(C)C)CC2)C(=O)O[C@H](c2ccccc2)[C@H](c2ccccc2)N1C(=O)OC(C)(C)C. The number of amides is 2. The molecule has 8 nitrogen and oxygen atoms in total. The van der Waals surface area contributed by atoms with Gasteiger partial charge >= 0.3 is 18.2 Å². The Labute approximate surface area is 269 Å². The van der Waals surface area contributed by atoms with Crippen LogP contribution in [0.1, 0.15) is 69.7 Å². The van der Waals surface area contributed by atoms with E-state index < -0.39 is 43.4 Å². The van der Waals surface area contributed by atoms with E-state index in [4.69, 9.17) is 14.2 Å². The molecule has 9 heteroatoms. The second-order valence-corrected chi connectivity index (χ2v) is 20.1. The van der Waals surface area contributed by atoms with Crippen LogP contribution in [0.5, 0.6) is 0 Å². The molecular formula is C36H50N2O6Si. The first-order valence-electron chi connectivity index (χ1n) is 16.1. The van der Waals surface area contributed by atoms with Crippen LogP contribution in [0.3, 0.4) is 0 Å². The quantitative estimate of drug-likeness (QED) is 0.120. The average Bonchev–Trinajstić information content (AvgIpc) is 2.98. The Morgan fingerprint density at radius 2 is 1.56 bits per heavy atom. The maximum absolute atomic E-state index is 14.4. The van der Waals surface area contributed by atoms with Gasteiger partial charge in [-0.2, -0.15) is 0 Å². The molecule has 0 aromatic heterocycles. The zero-order chi connectivity index (χ0) is 32.8. The highest BCUT2D eigenvalue weighted by atomic mass is 28.3. The number of cyclic esters (lactones) is 1. The zero-order valence-electron chi connectivity index (χ0n) is 27.8. The molecule has 2 fully saturated rings. The predicted molar refractivity (Wildman–Crippen MR) is 178 cm³/mol. The van der Waals surface area contributed by atoms with E-state index in [-0.39, 0.29) is 18.4 Å². The van der Waals surface area contributed by atoms with E-state index in [2.05, 4.69) is 26.2 Å². The van der Waals surface area contributed by atoms with E-state index in [9.17, 15) is 14.4 Å². The van der Waals surface area contributed by atoms with Crippen molar-refractivity contribution in [3.8, 4) is 0 Å². The molecule has 0 N–H and O–H groups in total. The van der Waals surface area contributed by atoms with E-state index in [1.165, 1.54) is 0 Å². The van der Waals surface area contributed by atoms with E-state index in [1.54, 1.807) is 15.9 Å². The minimum Gasteiger partial charge on any atom is -0.453 e. The Morgan fingerprint density at radius 3 is 2.09 bits per heavy atom. The van der Waals surface area contributed by atoms with Gasteiger partial charge < -0.3 is 19.1 Å². The van der Waals surface area contributed by atoms with Gasteiger partial charge in [0.15, 0.2) is 6.10 Å². The summed E-state index contributed by atoms with van der Waals surface area (Å²) >= 11 is 0. The number of nitrogens with zero attached hydrogens (tertiary/aromatic N) is 2. The van der Waals surface area contributed by atoms with E-state index in [0.717, 1.165) is 17.2 Å². The number of carbonyl (C=O) groups is 3. The molecule has 0 spiro atoms. The third kappa shape index (κ3) is 8.57. The molecule has 0 aliphatic carbocycles. The number of benzene rings is 2. The van der Waals surface area contributed by atoms with Gasteiger partial charge in [0.2, 0.25) is 0 Å². The molecule has 4 rings (SSSR count). The van der Waals surface area contributed by atoms with Crippen molar-refractivity contribution < 1.29 is 28.6 Å². The molecular weight excluding hydrogens is 584 g/mol. The van der Waals surface area contributed by atoms with Gasteiger partial charge in [-0.3, -0.25) is 4.90 Å². The van der Waals surface area contributed by atoms with Crippen molar-refractivity contribution >= 4 is 26.2 Å². The minimum absolute atomic E-state index is 0.0539. The Balaban J connectivity index is 1.68. The Kier molecular flexibility index (Phi) is 10.8. The fourth-order valence-electron chi connectivity index (χ4n) is 6.27. The fourth-order valence-corrected chi connectivity index (χ4v) is 6.99. The molecule has 2 aliphatic heterocycles. The van der Waals surface area contributed by atoms with Crippen molar-refractivity contribution in [2.45, 2.75) is 95.4 Å². The maximum Gasteiger partial charge on any atom is 0.411 e. The predicted octanol–water partition coefficient (Wildman–Crippen LogP) is 8.15. The lowest BCUT2D eigenvalue weighted by Crippen LogP contribution is -2.65. The van der Waals surface area contributed by atoms with Crippen LogP contribution in [0.2, 0.25) is 25.7 Å². The zero-order valence-corrected chi connectivity index (χ0v) is 28.8. The molecule has 2 aromatic carbocycles. The number of morpholine rings is 1. The van der Waals surface area contributed by atoms with E-state index in [0.29, 0.717) is 39.0 Å². The van der Waals surface area contributed by atoms with Crippen LogP contribution < -0.4 is 0 Å². The minimum atomic E-state index is -1.35. The third-order valence-corrected chi connectivity index (χ3v) is 10.3. The summed E-state index contributed by atoms with van der Waals surface area (Å²) in [5, 5.41) is 0. The first-order chi connectivity index (χ1) is 21.2. The highest BCUT2D eigenvalue weighted by Crippen LogP contribution is 2.50. The lowest BCUT2D eigenvalue weighted by atomic mass is 9.76. The lowest BCUT2D eigenvalue weighted by molar-refractivity contribution is -0.190. The smallest absolute Gasteiger partial charge is 0.411 e. The monoisotopic (exact) mass is 634 g/mol. The van der Waals surface area contributed by atoms with Crippen LogP contribution in [0, 0.1) is 5.92 Å². The number of hydrogen-bond acceptors (Lipinski definition) is 6. The summed E-state index contributed by atoms with van der Waals surface area (Å²) in [6, 6.07) is 19.5. The van der Waals surface area contributed by atoms with Crippen molar-refractivity contribution in [3.63, 3.8) is 0 Å². The Bertz CT molecular complexity index is 1310. The number of likely N-dealkylation sites (tertiary alicyclic amines) is 1. The molecule has 2 saturated heterocycles. The number of hydrogen-bond donors (Lipinski definition) is 0. The normalized spacial score (nSPS) is 22.8. The Morgan fingerprint density at radius 1 is 0.978 bits per heavy atom. The lowest BCUT2D eigenvalue weighted by Gasteiger charge is -2.53. The summed E-state index contributed by atoms with van der Waals surface area (Å²) in [5.41, 5.74) is -0.501. The largest absolute Gasteiger partial charge is 0.453 e. The second-order valence-electron chi connectivity index (χ2n) is 14.5. The van der Waals surface area contributed by atoms with Crippen LogP contribution in [-0.2, 0) is 19.0 Å². The molecule has 2 aliphatic rings. The van der Waals surface area contributed by atoms with Crippen LogP contribution in [0.15, 0.2) is 73.3 Å². The number of piperidine rings is 1. The number of carbonyl (C=O) groups excluding carboxylic acids is 3. The molecule has 45 heavy (non-hydrogen) atoms. The van der Waals surface area contributed by atoms with Gasteiger partial charge in [-0.25, -0.2) is 14.4 Å². The molecule has 0 bridgehead atoms. The maximum atomic E-state index is 14.4. The molecule has 3 atom stereocenters. The van der Waals surface area contributed by atoms with Gasteiger partial charge in [0.1, 0.15) is 17.2 Å². The summed E-state index contributed by atoms with van der Waals surface area (Å²) in [6.45, 7) is 17.7. The van der Waals surface area contributed by atoms with Crippen LogP contribution in [0.4, 0.5) is 9.59 Å². The van der Waals surface area contributed by atoms with E-state index in [1.807, 2.05) is 81.4 Å². The summed E-state index contributed by atoms with van der Waals surface area (Å²) in [4.78, 5) is 45.0. The van der Waals surface area contributed by atoms with Crippen molar-refractivity contribution in [1.82, 2.24) is 9.80 Å². The van der Waals surface area contributed by atoms with Crippen molar-refractivity contribution in [2.75, 3.05) is 19.7 Å². The first-order valence-corrected chi connectivity index (χ1v) is 19.8. The topological polar surface area (TPSA) is 85.4 Å². The van der Waals surface area contributed by atoms with Crippen LogP contribution in [-0.4, -0.2) is 66.9 Å². The molecule has 0 unspecified atom stereocenters. The van der Waals surface area contributed by atoms with Gasteiger partial charge in [-0.05, 0) is 69.5 Å². The highest BCUT2D eigenvalue weighted by Gasteiger charge is 2.59. The summed E-state index contributed by atoms with van der Waals surface area (Å²) in [7, 11) is -1.31. The van der Waals surface area contributed by atoms with Gasteiger partial charge in [0, 0.05) is 21.2 Å². The van der Waals surface area contributed by atoms with Crippen LogP contribution in [0.25, 0.3) is 0 Å². The third-order valence-electron chi connectivity index (χ3n) is 8.56. The van der Waals surface area contributed by atoms with E-state index >= 15 is 0 Å². The molecule has 0 radical (unpaired) electrons. The second kappa shape index (κ2) is 14.2. The first kappa shape index (κ1) is 34.3. The van der Waals surface area contributed by atoms with Crippen molar-refractivity contribution in [2.24, 2.45) is 5.92 Å². The molecule has 2 heterocycles. The van der Waals surface area contributed by atoms with Gasteiger partial charge in [0.25, 0.3) is 0 Å². The number of ether oxygens (including phenoxy) is 3. The summed E-state index contributed by atoms with van der Waals surface area (Å²) in [6.07, 6.45) is 2.02. The standard InChI is InChI=1S/C36H50N2O6Si/c1-8-21-36(26-27-19-22-37(23-20-27)33(40)42-24-25-45(5,6)7)32(39)43-31(29-17-13-10-14-18-29)30(28-15-11-9-12-16-28)38(36)34(41)44-35(2,3)4/h8-18,27,30-31H,1,19-26H2,2-7H3/t30-,31+,36-/m0/s1. The fraction of sp³-hybridized carbons (Fsp3) is 0.528. The number of esters is 1. The molecule has 0 saturated carbocycles. The van der Waals surface area contributed by atoms with Gasteiger partial charge in [-0.15, -0.1) is 6.58 Å². The van der Waals surface area contributed by atoms with Crippen molar-refractivity contribution in [3.05, 3.63) is 84.4 Å². The molecule has 2 aromatic rings. The van der Waals surface area contributed by atoms with Crippen molar-refractivity contribution in [1.29, 1.82) is 0 Å². The summed E-state index contributed by atoms with van der Waals surface area (Å²) in [5.74, 6) is -0.416. The van der Waals surface area contributed by atoms with Gasteiger partial charge in [-0.1, -0.05) is 86.4 Å². The van der Waals surface area contributed by atoms with Gasteiger partial charge in [0.05, 0.1) is 6.61 Å². The van der Waals surface area contributed by atoms with Crippen LogP contribution >= 0.6 is 0 Å². The molecule has 244 valence electrons.